The molecule has 10 heteroatoms. The molecule has 2 amide bonds. The number of hydrogen-bond acceptors (Lipinski definition) is 6. The SMILES string of the molecule is COC(=O)N1c2ccc(-c3cnn(C(C)(C)CO)c3)cc2[N+](C(=O)O)(c2ccccn2)C[C@@H]1C. The van der Waals surface area contributed by atoms with Crippen LogP contribution in [0.1, 0.15) is 20.8 Å². The van der Waals surface area contributed by atoms with Crippen LogP contribution in [-0.4, -0.2) is 63.5 Å². The molecule has 178 valence electrons. The van der Waals surface area contributed by atoms with E-state index in [4.69, 9.17) is 4.74 Å². The quantitative estimate of drug-likeness (QED) is 0.559. The van der Waals surface area contributed by atoms with Crippen LogP contribution in [0.5, 0.6) is 0 Å². The van der Waals surface area contributed by atoms with E-state index in [2.05, 4.69) is 10.1 Å². The van der Waals surface area contributed by atoms with E-state index >= 15 is 0 Å². The van der Waals surface area contributed by atoms with Gasteiger partial charge in [-0.3, -0.25) is 9.58 Å². The third kappa shape index (κ3) is 3.61. The Labute approximate surface area is 197 Å². The number of aliphatic hydroxyl groups is 1. The number of quaternary nitrogens is 1. The highest BCUT2D eigenvalue weighted by Gasteiger charge is 2.53. The first kappa shape index (κ1) is 23.4. The van der Waals surface area contributed by atoms with E-state index in [9.17, 15) is 19.8 Å². The van der Waals surface area contributed by atoms with Crippen LogP contribution in [0.3, 0.4) is 0 Å². The molecule has 3 heterocycles. The normalized spacial score (nSPS) is 20.0. The number of amides is 2. The molecule has 2 aromatic heterocycles. The minimum atomic E-state index is -1.11. The van der Waals surface area contributed by atoms with Crippen molar-refractivity contribution in [1.82, 2.24) is 19.2 Å². The number of ether oxygens (including phenoxy) is 1. The van der Waals surface area contributed by atoms with Crippen LogP contribution in [0.2, 0.25) is 0 Å². The van der Waals surface area contributed by atoms with Gasteiger partial charge in [0.25, 0.3) is 0 Å². The van der Waals surface area contributed by atoms with E-state index < -0.39 is 28.3 Å². The van der Waals surface area contributed by atoms with Gasteiger partial charge < -0.3 is 14.9 Å². The molecule has 10 nitrogen and oxygen atoms in total. The maximum Gasteiger partial charge on any atom is 0.525 e. The molecule has 0 radical (unpaired) electrons. The van der Waals surface area contributed by atoms with Crippen molar-refractivity contribution in [3.8, 4) is 11.1 Å². The highest BCUT2D eigenvalue weighted by atomic mass is 16.5. The van der Waals surface area contributed by atoms with Crippen molar-refractivity contribution >= 4 is 29.4 Å². The number of aromatic nitrogens is 3. The number of carbonyl (C=O) groups is 2. The van der Waals surface area contributed by atoms with Gasteiger partial charge in [0.15, 0.2) is 5.69 Å². The maximum absolute atomic E-state index is 12.9. The lowest BCUT2D eigenvalue weighted by molar-refractivity contribution is 0.152. The van der Waals surface area contributed by atoms with E-state index in [1.807, 2.05) is 19.9 Å². The number of carboxylic acid groups (broad SMARTS) is 1. The fraction of sp³-hybridized carbons (Fsp3) is 0.333. The van der Waals surface area contributed by atoms with Crippen LogP contribution in [0.25, 0.3) is 11.1 Å². The Balaban J connectivity index is 1.96. The highest BCUT2D eigenvalue weighted by Crippen LogP contribution is 2.47. The van der Waals surface area contributed by atoms with Crippen LogP contribution in [-0.2, 0) is 10.3 Å². The molecule has 1 unspecified atom stereocenters. The standard InChI is InChI=1S/C24H27N5O5/c1-16-14-29(23(32)33,21-7-5-6-10-25-21)20-11-17(8-9-19(20)28(16)22(31)34-4)18-12-26-27(13-18)24(2,3)15-30/h5-13,16,30H,14-15H2,1-4H3/p+1/t16-,29?/m0/s1. The third-order valence-electron chi connectivity index (χ3n) is 6.29. The van der Waals surface area contributed by atoms with Crippen molar-refractivity contribution < 1.29 is 24.5 Å². The molecule has 2 atom stereocenters. The third-order valence-corrected chi connectivity index (χ3v) is 6.29. The van der Waals surface area contributed by atoms with Crippen molar-refractivity contribution in [2.45, 2.75) is 32.4 Å². The van der Waals surface area contributed by atoms with Crippen LogP contribution >= 0.6 is 0 Å². The molecule has 1 aromatic carbocycles. The molecule has 3 aromatic rings. The molecule has 4 rings (SSSR count). The molecule has 2 N–H and O–H groups in total. The van der Waals surface area contributed by atoms with Crippen LogP contribution in [0.4, 0.5) is 26.8 Å². The number of methoxy groups -OCH3 is 1. The molecule has 0 aliphatic carbocycles. The fourth-order valence-electron chi connectivity index (χ4n) is 4.35. The van der Waals surface area contributed by atoms with Crippen molar-refractivity contribution in [1.29, 1.82) is 0 Å². The zero-order valence-corrected chi connectivity index (χ0v) is 19.5. The van der Waals surface area contributed by atoms with E-state index in [-0.39, 0.29) is 13.2 Å². The smallest absolute Gasteiger partial charge is 0.452 e. The predicted octanol–water partition coefficient (Wildman–Crippen LogP) is 3.96. The van der Waals surface area contributed by atoms with Crippen molar-refractivity contribution in [2.75, 3.05) is 25.2 Å². The molecule has 0 fully saturated rings. The molecular formula is C24H28N5O5+. The molecule has 34 heavy (non-hydrogen) atoms. The van der Waals surface area contributed by atoms with Gasteiger partial charge in [0.05, 0.1) is 31.5 Å². The summed E-state index contributed by atoms with van der Waals surface area (Å²) in [5, 5.41) is 24.6. The lowest BCUT2D eigenvalue weighted by Crippen LogP contribution is -2.61. The molecule has 1 aliphatic heterocycles. The van der Waals surface area contributed by atoms with Crippen molar-refractivity contribution in [3.63, 3.8) is 0 Å². The van der Waals surface area contributed by atoms with Crippen molar-refractivity contribution in [2.24, 2.45) is 0 Å². The summed E-state index contributed by atoms with van der Waals surface area (Å²) in [5.41, 5.74) is 1.69. The Kier molecular flexibility index (Phi) is 5.88. The van der Waals surface area contributed by atoms with Gasteiger partial charge in [-0.1, -0.05) is 12.1 Å². The van der Waals surface area contributed by atoms with Gasteiger partial charge in [0.2, 0.25) is 5.82 Å². The summed E-state index contributed by atoms with van der Waals surface area (Å²) in [5.74, 6) is 0.335. The number of benzene rings is 1. The number of aliphatic hydroxyl groups excluding tert-OH is 1. The van der Waals surface area contributed by atoms with Gasteiger partial charge in [-0.05, 0) is 38.5 Å². The summed E-state index contributed by atoms with van der Waals surface area (Å²) in [7, 11) is 1.30. The number of fused-ring (bicyclic) bond motifs is 1. The average molecular weight is 467 g/mol. The number of rotatable bonds is 4. The molecule has 0 saturated heterocycles. The first-order valence-corrected chi connectivity index (χ1v) is 10.9. The average Bonchev–Trinajstić information content (AvgIpc) is 3.34. The predicted molar refractivity (Wildman–Crippen MR) is 127 cm³/mol. The van der Waals surface area contributed by atoms with E-state index in [0.29, 0.717) is 17.2 Å². The van der Waals surface area contributed by atoms with Gasteiger partial charge in [-0.2, -0.15) is 9.89 Å². The number of carbonyl (C=O) groups excluding carboxylic acids is 1. The second-order valence-corrected chi connectivity index (χ2v) is 9.00. The Hall–Kier alpha value is -3.76. The monoisotopic (exact) mass is 466 g/mol. The summed E-state index contributed by atoms with van der Waals surface area (Å²) in [6.07, 6.45) is 3.35. The molecular weight excluding hydrogens is 438 g/mol. The van der Waals surface area contributed by atoms with Gasteiger partial charge in [0, 0.05) is 30.1 Å². The number of nitrogens with zero attached hydrogens (tertiary/aromatic N) is 5. The largest absolute Gasteiger partial charge is 0.525 e. The fourth-order valence-corrected chi connectivity index (χ4v) is 4.35. The molecule has 0 bridgehead atoms. The van der Waals surface area contributed by atoms with Crippen LogP contribution in [0.15, 0.2) is 55.0 Å². The van der Waals surface area contributed by atoms with Gasteiger partial charge >= 0.3 is 12.2 Å². The molecule has 1 aliphatic rings. The summed E-state index contributed by atoms with van der Waals surface area (Å²) in [6, 6.07) is 9.97. The number of hydrogen-bond donors (Lipinski definition) is 2. The Bertz CT molecular complexity index is 1230. The second kappa shape index (κ2) is 8.54. The van der Waals surface area contributed by atoms with E-state index in [1.165, 1.54) is 12.0 Å². The lowest BCUT2D eigenvalue weighted by Gasteiger charge is -2.42. The Morgan fingerprint density at radius 2 is 2.00 bits per heavy atom. The first-order valence-electron chi connectivity index (χ1n) is 10.9. The van der Waals surface area contributed by atoms with E-state index in [1.54, 1.807) is 60.5 Å². The minimum Gasteiger partial charge on any atom is -0.452 e. The van der Waals surface area contributed by atoms with Gasteiger partial charge in [-0.25, -0.2) is 9.78 Å². The first-order chi connectivity index (χ1) is 16.2. The summed E-state index contributed by atoms with van der Waals surface area (Å²) in [6.45, 7) is 5.48. The lowest BCUT2D eigenvalue weighted by atomic mass is 10.00. The number of anilines is 1. The Morgan fingerprint density at radius 1 is 1.24 bits per heavy atom. The van der Waals surface area contributed by atoms with Gasteiger partial charge in [0.1, 0.15) is 12.2 Å². The summed E-state index contributed by atoms with van der Waals surface area (Å²) >= 11 is 0. The minimum absolute atomic E-state index is 0.0642. The van der Waals surface area contributed by atoms with Gasteiger partial charge in [-0.15, -0.1) is 4.48 Å². The zero-order chi connectivity index (χ0) is 24.7. The highest BCUT2D eigenvalue weighted by molar-refractivity contribution is 6.01. The molecule has 0 saturated carbocycles. The maximum atomic E-state index is 12.9. The topological polar surface area (TPSA) is 118 Å². The zero-order valence-electron chi connectivity index (χ0n) is 19.5. The van der Waals surface area contributed by atoms with Crippen LogP contribution < -0.4 is 9.38 Å². The summed E-state index contributed by atoms with van der Waals surface area (Å²) < 4.78 is 6.09. The van der Waals surface area contributed by atoms with E-state index in [0.717, 1.165) is 11.1 Å². The van der Waals surface area contributed by atoms with Crippen molar-refractivity contribution in [3.05, 3.63) is 55.0 Å². The van der Waals surface area contributed by atoms with Crippen LogP contribution in [0, 0.1) is 0 Å². The number of pyridine rings is 1. The summed E-state index contributed by atoms with van der Waals surface area (Å²) in [4.78, 5) is 31.4. The molecule has 0 spiro atoms. The second-order valence-electron chi connectivity index (χ2n) is 9.00. The Morgan fingerprint density at radius 3 is 2.62 bits per heavy atom.